The molecule has 6 heteroatoms. The second-order valence-corrected chi connectivity index (χ2v) is 6.98. The van der Waals surface area contributed by atoms with Crippen LogP contribution < -0.4 is 16.1 Å². The maximum absolute atomic E-state index is 14.7. The van der Waals surface area contributed by atoms with Crippen molar-refractivity contribution < 1.29 is 9.13 Å². The van der Waals surface area contributed by atoms with E-state index in [1.165, 1.54) is 6.07 Å². The van der Waals surface area contributed by atoms with Crippen molar-refractivity contribution in [3.05, 3.63) is 87.9 Å². The SMILES string of the molecule is [B]c1cc(C2(c3cc(C)c(OC)c(C)c3)N=C(N)c3c(F)cccc32)ccn1. The van der Waals surface area contributed by atoms with Crippen molar-refractivity contribution in [1.29, 1.82) is 0 Å². The van der Waals surface area contributed by atoms with Crippen LogP contribution in [0.25, 0.3) is 0 Å². The average molecular weight is 371 g/mol. The number of fused-ring (bicyclic) bond motifs is 1. The van der Waals surface area contributed by atoms with Gasteiger partial charge in [0.2, 0.25) is 0 Å². The smallest absolute Gasteiger partial charge is 0.141 e. The fourth-order valence-corrected chi connectivity index (χ4v) is 4.14. The maximum Gasteiger partial charge on any atom is 0.141 e. The van der Waals surface area contributed by atoms with Gasteiger partial charge in [-0.1, -0.05) is 12.1 Å². The van der Waals surface area contributed by atoms with Gasteiger partial charge in [-0.05, 0) is 72.0 Å². The van der Waals surface area contributed by atoms with E-state index < -0.39 is 11.4 Å². The van der Waals surface area contributed by atoms with Gasteiger partial charge in [-0.15, -0.1) is 0 Å². The van der Waals surface area contributed by atoms with Crippen LogP contribution in [0.3, 0.4) is 0 Å². The van der Waals surface area contributed by atoms with Gasteiger partial charge < -0.3 is 10.5 Å². The summed E-state index contributed by atoms with van der Waals surface area (Å²) in [5.41, 5.74) is 10.1. The molecule has 4 nitrogen and oxygen atoms in total. The highest BCUT2D eigenvalue weighted by atomic mass is 19.1. The van der Waals surface area contributed by atoms with Crippen molar-refractivity contribution in [2.45, 2.75) is 19.4 Å². The molecule has 0 fully saturated rings. The summed E-state index contributed by atoms with van der Waals surface area (Å²) >= 11 is 0. The van der Waals surface area contributed by atoms with Gasteiger partial charge in [-0.3, -0.25) is 4.98 Å². The van der Waals surface area contributed by atoms with E-state index in [0.29, 0.717) is 16.7 Å². The van der Waals surface area contributed by atoms with Gasteiger partial charge in [0, 0.05) is 11.8 Å². The number of halogens is 1. The van der Waals surface area contributed by atoms with Crippen LogP contribution in [-0.2, 0) is 5.54 Å². The highest BCUT2D eigenvalue weighted by Gasteiger charge is 2.44. The van der Waals surface area contributed by atoms with Crippen LogP contribution in [0.1, 0.15) is 33.4 Å². The van der Waals surface area contributed by atoms with Crippen LogP contribution in [0.15, 0.2) is 53.7 Å². The lowest BCUT2D eigenvalue weighted by Crippen LogP contribution is -2.28. The van der Waals surface area contributed by atoms with E-state index in [1.54, 1.807) is 25.4 Å². The molecule has 2 heterocycles. The molecule has 2 N–H and O–H groups in total. The summed E-state index contributed by atoms with van der Waals surface area (Å²) < 4.78 is 20.2. The minimum atomic E-state index is -1.01. The molecule has 1 unspecified atom stereocenters. The Hall–Kier alpha value is -3.15. The molecule has 0 saturated heterocycles. The molecule has 0 aliphatic carbocycles. The van der Waals surface area contributed by atoms with Crippen molar-refractivity contribution in [2.24, 2.45) is 10.7 Å². The highest BCUT2D eigenvalue weighted by molar-refractivity contribution is 6.30. The normalized spacial score (nSPS) is 17.9. The lowest BCUT2D eigenvalue weighted by atomic mass is 9.76. The summed E-state index contributed by atoms with van der Waals surface area (Å²) in [6.45, 7) is 3.94. The number of nitrogens with zero attached hydrogens (tertiary/aromatic N) is 2. The maximum atomic E-state index is 14.7. The Bertz CT molecular complexity index is 1110. The molecule has 0 saturated carbocycles. The molecule has 0 amide bonds. The molecular weight excluding hydrogens is 352 g/mol. The minimum absolute atomic E-state index is 0.162. The van der Waals surface area contributed by atoms with Crippen molar-refractivity contribution in [3.63, 3.8) is 0 Å². The van der Waals surface area contributed by atoms with Crippen molar-refractivity contribution in [2.75, 3.05) is 7.11 Å². The lowest BCUT2D eigenvalue weighted by molar-refractivity contribution is 0.408. The van der Waals surface area contributed by atoms with E-state index in [2.05, 4.69) is 4.98 Å². The number of aliphatic imine (C=N–C) groups is 1. The highest BCUT2D eigenvalue weighted by Crippen LogP contribution is 2.47. The molecule has 1 atom stereocenters. The van der Waals surface area contributed by atoms with Gasteiger partial charge in [0.15, 0.2) is 0 Å². The molecule has 2 radical (unpaired) electrons. The second-order valence-electron chi connectivity index (χ2n) is 6.98. The number of pyridine rings is 1. The third-order valence-electron chi connectivity index (χ3n) is 5.23. The largest absolute Gasteiger partial charge is 0.496 e. The molecule has 0 spiro atoms. The molecule has 0 bridgehead atoms. The number of rotatable bonds is 3. The van der Waals surface area contributed by atoms with Crippen LogP contribution >= 0.6 is 0 Å². The first-order valence-electron chi connectivity index (χ1n) is 8.91. The minimum Gasteiger partial charge on any atom is -0.496 e. The summed E-state index contributed by atoms with van der Waals surface area (Å²) in [6.07, 6.45) is 1.62. The predicted molar refractivity (Wildman–Crippen MR) is 109 cm³/mol. The van der Waals surface area contributed by atoms with E-state index in [1.807, 2.05) is 38.1 Å². The molecular formula is C22H19BFN3O. The van der Waals surface area contributed by atoms with Gasteiger partial charge in [0.1, 0.15) is 30.8 Å². The Balaban J connectivity index is 2.12. The third-order valence-corrected chi connectivity index (χ3v) is 5.23. The Morgan fingerprint density at radius 3 is 2.43 bits per heavy atom. The van der Waals surface area contributed by atoms with Crippen LogP contribution in [0.5, 0.6) is 5.75 Å². The lowest BCUT2D eigenvalue weighted by Gasteiger charge is -2.30. The number of nitrogens with two attached hydrogens (primary N) is 1. The Labute approximate surface area is 164 Å². The first-order valence-corrected chi connectivity index (χ1v) is 8.91. The third kappa shape index (κ3) is 2.52. The van der Waals surface area contributed by atoms with E-state index >= 15 is 0 Å². The first kappa shape index (κ1) is 18.2. The van der Waals surface area contributed by atoms with Crippen LogP contribution in [0.4, 0.5) is 4.39 Å². The number of aryl methyl sites for hydroxylation is 2. The van der Waals surface area contributed by atoms with Crippen LogP contribution in [0.2, 0.25) is 0 Å². The molecule has 1 aliphatic heterocycles. The van der Waals surface area contributed by atoms with Crippen LogP contribution in [0, 0.1) is 19.7 Å². The fourth-order valence-electron chi connectivity index (χ4n) is 4.14. The van der Waals surface area contributed by atoms with E-state index in [-0.39, 0.29) is 5.84 Å². The van der Waals surface area contributed by atoms with E-state index in [9.17, 15) is 4.39 Å². The quantitative estimate of drug-likeness (QED) is 0.721. The zero-order valence-electron chi connectivity index (χ0n) is 16.0. The summed E-state index contributed by atoms with van der Waals surface area (Å²) in [6, 6.07) is 12.5. The number of ether oxygens (including phenoxy) is 1. The number of hydrogen-bond acceptors (Lipinski definition) is 4. The average Bonchev–Trinajstić information content (AvgIpc) is 2.96. The molecule has 3 aromatic rings. The van der Waals surface area contributed by atoms with E-state index in [0.717, 1.165) is 28.0 Å². The number of amidine groups is 1. The molecule has 1 aliphatic rings. The predicted octanol–water partition coefficient (Wildman–Crippen LogP) is 2.65. The van der Waals surface area contributed by atoms with Crippen molar-refractivity contribution in [3.8, 4) is 5.75 Å². The topological polar surface area (TPSA) is 60.5 Å². The van der Waals surface area contributed by atoms with Crippen molar-refractivity contribution >= 4 is 19.3 Å². The number of aromatic nitrogens is 1. The van der Waals surface area contributed by atoms with Gasteiger partial charge in [-0.2, -0.15) is 0 Å². The Morgan fingerprint density at radius 2 is 1.79 bits per heavy atom. The standard InChI is InChI=1S/C22H19BFN3O/c1-12-9-15(10-13(2)20(12)28-3)22(14-7-8-26-18(23)11-14)16-5-4-6-17(24)19(16)21(25)27-22/h4-11H,1-3H3,(H2,25,27). The first-order chi connectivity index (χ1) is 13.4. The summed E-state index contributed by atoms with van der Waals surface area (Å²) in [5, 5.41) is 0. The van der Waals surface area contributed by atoms with Crippen LogP contribution in [-0.4, -0.2) is 25.8 Å². The summed E-state index contributed by atoms with van der Waals surface area (Å²) in [7, 11) is 7.61. The Morgan fingerprint density at radius 1 is 1.07 bits per heavy atom. The van der Waals surface area contributed by atoms with Gasteiger partial charge in [0.05, 0.1) is 12.7 Å². The second kappa shape index (κ2) is 6.48. The molecule has 138 valence electrons. The van der Waals surface area contributed by atoms with Gasteiger partial charge in [-0.25, -0.2) is 9.38 Å². The Kier molecular flexibility index (Phi) is 4.22. The number of hydrogen-bond donors (Lipinski definition) is 1. The van der Waals surface area contributed by atoms with Gasteiger partial charge >= 0.3 is 0 Å². The molecule has 2 aromatic carbocycles. The number of benzene rings is 2. The van der Waals surface area contributed by atoms with Gasteiger partial charge in [0.25, 0.3) is 0 Å². The van der Waals surface area contributed by atoms with E-state index in [4.69, 9.17) is 23.3 Å². The zero-order valence-corrected chi connectivity index (χ0v) is 16.0. The van der Waals surface area contributed by atoms with Crippen molar-refractivity contribution in [1.82, 2.24) is 4.98 Å². The molecule has 28 heavy (non-hydrogen) atoms. The molecule has 1 aromatic heterocycles. The monoisotopic (exact) mass is 371 g/mol. The number of methoxy groups -OCH3 is 1. The zero-order chi connectivity index (χ0) is 20.1. The fraction of sp³-hybridized carbons (Fsp3) is 0.182. The summed E-state index contributed by atoms with van der Waals surface area (Å²) in [4.78, 5) is 8.89. The molecule has 4 rings (SSSR count). The summed E-state index contributed by atoms with van der Waals surface area (Å²) in [5.74, 6) is 0.571.